The molecule has 1 aromatic rings. The summed E-state index contributed by atoms with van der Waals surface area (Å²) in [5.74, 6) is -1.19. The van der Waals surface area contributed by atoms with Crippen molar-refractivity contribution in [2.45, 2.75) is 33.2 Å². The van der Waals surface area contributed by atoms with Crippen LogP contribution in [0.1, 0.15) is 18.4 Å². The highest BCUT2D eigenvalue weighted by atomic mass is 35.5. The van der Waals surface area contributed by atoms with Gasteiger partial charge in [0.05, 0.1) is 23.0 Å². The van der Waals surface area contributed by atoms with Crippen molar-refractivity contribution in [2.24, 2.45) is 11.8 Å². The first-order chi connectivity index (χ1) is 15.0. The smallest absolute Gasteiger partial charge is 0.253 e. The van der Waals surface area contributed by atoms with Gasteiger partial charge in [0.2, 0.25) is 25.5 Å². The third-order valence-corrected chi connectivity index (χ3v) is 10.7. The van der Waals surface area contributed by atoms with E-state index in [4.69, 9.17) is 46.4 Å². The number of carbonyl (C=O) groups excluding carboxylic acids is 2. The molecule has 0 saturated carbocycles. The van der Waals surface area contributed by atoms with E-state index in [9.17, 15) is 26.4 Å². The Hall–Kier alpha value is -0.530. The van der Waals surface area contributed by atoms with Crippen molar-refractivity contribution in [3.8, 4) is 0 Å². The first kappa shape index (κ1) is 28.7. The zero-order chi connectivity index (χ0) is 25.2. The van der Waals surface area contributed by atoms with Gasteiger partial charge in [-0.05, 0) is 31.9 Å². The van der Waals surface area contributed by atoms with Crippen LogP contribution in [0, 0.1) is 18.8 Å². The number of aryl methyl sites for hydroxylation is 1. The van der Waals surface area contributed by atoms with Crippen LogP contribution < -0.4 is 4.13 Å². The lowest BCUT2D eigenvalue weighted by Crippen LogP contribution is -2.31. The molecule has 1 saturated heterocycles. The normalized spacial score (nSPS) is 21.1. The summed E-state index contributed by atoms with van der Waals surface area (Å²) in [6.07, 6.45) is 5.73. The summed E-state index contributed by atoms with van der Waals surface area (Å²) < 4.78 is 45.5. The Morgan fingerprint density at radius 1 is 1.00 bits per heavy atom. The van der Waals surface area contributed by atoms with Crippen molar-refractivity contribution in [3.63, 3.8) is 0 Å². The molecule has 1 aliphatic carbocycles. The van der Waals surface area contributed by atoms with E-state index in [0.717, 1.165) is 16.1 Å². The highest BCUT2D eigenvalue weighted by Gasteiger charge is 2.51. The van der Waals surface area contributed by atoms with E-state index < -0.39 is 28.5 Å². The summed E-state index contributed by atoms with van der Waals surface area (Å²) >= 11 is 23.7. The Bertz CT molecular complexity index is 1110. The summed E-state index contributed by atoms with van der Waals surface area (Å²) in [6, 6.07) is 5.89. The van der Waals surface area contributed by atoms with Gasteiger partial charge in [0.1, 0.15) is 0 Å². The van der Waals surface area contributed by atoms with Gasteiger partial charge in [0.25, 0.3) is 10.0 Å². The van der Waals surface area contributed by atoms with Crippen LogP contribution in [0.25, 0.3) is 0 Å². The van der Waals surface area contributed by atoms with Crippen LogP contribution >= 0.6 is 58.4 Å². The second-order valence-corrected chi connectivity index (χ2v) is 15.1. The number of nitrogens with one attached hydrogen (secondary N) is 1. The predicted octanol–water partition coefficient (Wildman–Crippen LogP) is 3.75. The minimum absolute atomic E-state index is 0.0708. The van der Waals surface area contributed by atoms with Crippen molar-refractivity contribution < 1.29 is 26.4 Å². The number of imide groups is 1. The molecule has 184 valence electrons. The summed E-state index contributed by atoms with van der Waals surface area (Å²) in [5, 5.41) is 0. The molecule has 0 radical (unpaired) electrons. The molecule has 15 heteroatoms. The Morgan fingerprint density at radius 2 is 1.45 bits per heavy atom. The zero-order valence-electron chi connectivity index (χ0n) is 17.2. The van der Waals surface area contributed by atoms with Crippen molar-refractivity contribution in [2.75, 3.05) is 6.26 Å². The molecular weight excluding hydrogens is 578 g/mol. The first-order valence-electron chi connectivity index (χ1n) is 9.23. The summed E-state index contributed by atoms with van der Waals surface area (Å²) in [5.41, 5.74) is 0.897. The predicted molar refractivity (Wildman–Crippen MR) is 131 cm³/mol. The molecule has 1 aromatic carbocycles. The maximum Gasteiger partial charge on any atom is 0.253 e. The molecule has 1 heterocycles. The minimum Gasteiger partial charge on any atom is -0.273 e. The van der Waals surface area contributed by atoms with Crippen LogP contribution in [0.4, 0.5) is 0 Å². The van der Waals surface area contributed by atoms with Crippen LogP contribution in [0.15, 0.2) is 41.3 Å². The fourth-order valence-electron chi connectivity index (χ4n) is 2.99. The molecule has 3 rings (SSSR count). The molecule has 2 atom stereocenters. The van der Waals surface area contributed by atoms with Crippen molar-refractivity contribution >= 4 is 90.2 Å². The number of alkyl halides is 4. The van der Waals surface area contributed by atoms with Crippen molar-refractivity contribution in [3.05, 3.63) is 42.0 Å². The third kappa shape index (κ3) is 7.73. The highest BCUT2D eigenvalue weighted by Crippen LogP contribution is 2.48. The van der Waals surface area contributed by atoms with Gasteiger partial charge in [-0.25, -0.2) is 21.1 Å². The van der Waals surface area contributed by atoms with Gasteiger partial charge in [-0.15, -0.1) is 27.3 Å². The Labute approximate surface area is 217 Å². The van der Waals surface area contributed by atoms with Gasteiger partial charge in [0, 0.05) is 11.9 Å². The second-order valence-electron chi connectivity index (χ2n) is 7.25. The molecule has 0 spiro atoms. The largest absolute Gasteiger partial charge is 0.273 e. The van der Waals surface area contributed by atoms with Crippen molar-refractivity contribution in [1.82, 2.24) is 8.43 Å². The molecular formula is C18H20Cl4N2O6S3. The number of halogens is 4. The van der Waals surface area contributed by atoms with Gasteiger partial charge < -0.3 is 0 Å². The SMILES string of the molecule is Cc1ccc(S(=O)(=O)NS(C)(=O)=O)cc1.O=C1C2CC=CCC2C(=O)N1SC(Cl)(Cl)C(Cl)Cl. The summed E-state index contributed by atoms with van der Waals surface area (Å²) in [7, 11) is -7.75. The van der Waals surface area contributed by atoms with Gasteiger partial charge in [-0.1, -0.05) is 53.1 Å². The summed E-state index contributed by atoms with van der Waals surface area (Å²) in [6.45, 7) is 1.81. The third-order valence-electron chi connectivity index (χ3n) is 4.53. The highest BCUT2D eigenvalue weighted by molar-refractivity contribution is 8.04. The lowest BCUT2D eigenvalue weighted by Gasteiger charge is -2.24. The number of carbonyl (C=O) groups is 2. The lowest BCUT2D eigenvalue weighted by atomic mass is 9.85. The van der Waals surface area contributed by atoms with Gasteiger partial charge >= 0.3 is 0 Å². The number of benzene rings is 1. The van der Waals surface area contributed by atoms with Crippen LogP contribution in [0.5, 0.6) is 0 Å². The molecule has 1 aliphatic heterocycles. The summed E-state index contributed by atoms with van der Waals surface area (Å²) in [4.78, 5) is 23.0. The van der Waals surface area contributed by atoms with Gasteiger partial charge in [-0.3, -0.25) is 9.59 Å². The average molecular weight is 598 g/mol. The Morgan fingerprint density at radius 3 is 1.85 bits per heavy atom. The molecule has 2 unspecified atom stereocenters. The van der Waals surface area contributed by atoms with Crippen LogP contribution in [0.2, 0.25) is 0 Å². The average Bonchev–Trinajstić information content (AvgIpc) is 2.92. The number of sulfonamides is 2. The molecule has 2 amide bonds. The maximum atomic E-state index is 12.1. The van der Waals surface area contributed by atoms with E-state index >= 15 is 0 Å². The molecule has 0 aromatic heterocycles. The van der Waals surface area contributed by atoms with E-state index in [1.807, 2.05) is 12.2 Å². The van der Waals surface area contributed by atoms with E-state index in [1.165, 1.54) is 12.1 Å². The number of allylic oxidation sites excluding steroid dienone is 2. The molecule has 33 heavy (non-hydrogen) atoms. The van der Waals surface area contributed by atoms with E-state index in [1.54, 1.807) is 23.2 Å². The van der Waals surface area contributed by atoms with Gasteiger partial charge in [-0.2, -0.15) is 0 Å². The Kier molecular flexibility index (Phi) is 9.59. The number of nitrogens with zero attached hydrogens (tertiary/aromatic N) is 1. The fraction of sp³-hybridized carbons (Fsp3) is 0.444. The molecule has 8 nitrogen and oxygen atoms in total. The quantitative estimate of drug-likeness (QED) is 0.230. The molecule has 1 fully saturated rings. The van der Waals surface area contributed by atoms with E-state index in [-0.39, 0.29) is 28.5 Å². The number of hydrogen-bond acceptors (Lipinski definition) is 7. The number of hydrogen-bond donors (Lipinski definition) is 1. The van der Waals surface area contributed by atoms with Crippen molar-refractivity contribution in [1.29, 1.82) is 0 Å². The lowest BCUT2D eigenvalue weighted by molar-refractivity contribution is -0.133. The maximum absolute atomic E-state index is 12.1. The van der Waals surface area contributed by atoms with E-state index in [0.29, 0.717) is 24.8 Å². The number of fused-ring (bicyclic) bond motifs is 1. The first-order valence-corrected chi connectivity index (χ1v) is 15.0. The van der Waals surface area contributed by atoms with Crippen LogP contribution in [-0.2, 0) is 29.6 Å². The number of amides is 2. The minimum atomic E-state index is -3.97. The molecule has 1 N–H and O–H groups in total. The fourth-order valence-corrected chi connectivity index (χ4v) is 6.89. The van der Waals surface area contributed by atoms with Gasteiger partial charge in [0.15, 0.2) is 4.84 Å². The second kappa shape index (κ2) is 11.0. The monoisotopic (exact) mass is 596 g/mol. The standard InChI is InChI=1S/C10H9Cl4NO2S.C8H11NO4S2/c11-9(12)10(13,14)18-15-7(16)5-3-1-2-4-6(5)8(15)17;1-7-3-5-8(6-4-7)15(12,13)9-14(2,10)11/h1-2,5-6,9H,3-4H2;3-6,9H,1-2H3. The van der Waals surface area contributed by atoms with Crippen LogP contribution in [-0.4, -0.2) is 47.7 Å². The molecule has 2 aliphatic rings. The van der Waals surface area contributed by atoms with E-state index in [2.05, 4.69) is 0 Å². The Balaban J connectivity index is 0.000000238. The van der Waals surface area contributed by atoms with Crippen LogP contribution in [0.3, 0.4) is 0 Å². The number of rotatable bonds is 6. The topological polar surface area (TPSA) is 118 Å². The zero-order valence-corrected chi connectivity index (χ0v) is 22.7. The molecule has 0 bridgehead atoms.